The minimum absolute atomic E-state index is 0.109. The molecule has 5 nitrogen and oxygen atoms in total. The molecule has 7 heteroatoms. The van der Waals surface area contributed by atoms with Gasteiger partial charge in [0.15, 0.2) is 17.5 Å². The largest absolute Gasteiger partial charge is 0.398 e. The molecule has 100 valence electrons. The number of anilines is 1. The number of rotatable bonds is 2. The minimum atomic E-state index is -0.980. The van der Waals surface area contributed by atoms with Crippen molar-refractivity contribution in [2.75, 3.05) is 5.73 Å². The first kappa shape index (κ1) is 12.0. The molecule has 1 atom stereocenters. The molecule has 2 aromatic rings. The van der Waals surface area contributed by atoms with Crippen LogP contribution in [0.15, 0.2) is 12.1 Å². The summed E-state index contributed by atoms with van der Waals surface area (Å²) >= 11 is 0. The second-order valence-corrected chi connectivity index (χ2v) is 5.51. The Morgan fingerprint density at radius 1 is 1.32 bits per heavy atom. The maximum absolute atomic E-state index is 13.3. The fraction of sp³-hybridized carbons (Fsp3) is 0.417. The van der Waals surface area contributed by atoms with Crippen molar-refractivity contribution in [2.24, 2.45) is 5.41 Å². The van der Waals surface area contributed by atoms with Crippen molar-refractivity contribution in [2.45, 2.75) is 26.3 Å². The Balaban J connectivity index is 2.09. The van der Waals surface area contributed by atoms with Gasteiger partial charge in [-0.15, -0.1) is 5.10 Å². The smallest absolute Gasteiger partial charge is 0.184 e. The zero-order chi connectivity index (χ0) is 13.8. The Hall–Kier alpha value is -2.05. The lowest BCUT2D eigenvalue weighted by Crippen LogP contribution is -2.06. The van der Waals surface area contributed by atoms with E-state index in [0.717, 1.165) is 18.6 Å². The van der Waals surface area contributed by atoms with E-state index in [1.54, 1.807) is 4.68 Å². The van der Waals surface area contributed by atoms with Crippen LogP contribution in [0.2, 0.25) is 0 Å². The van der Waals surface area contributed by atoms with E-state index < -0.39 is 11.6 Å². The van der Waals surface area contributed by atoms with E-state index in [1.807, 2.05) is 0 Å². The van der Waals surface area contributed by atoms with E-state index in [0.29, 0.717) is 11.4 Å². The first-order valence-electron chi connectivity index (χ1n) is 5.93. The third-order valence-electron chi connectivity index (χ3n) is 3.58. The predicted molar refractivity (Wildman–Crippen MR) is 65.0 cm³/mol. The highest BCUT2D eigenvalue weighted by Gasteiger charge is 2.49. The third kappa shape index (κ3) is 1.85. The average Bonchev–Trinajstić information content (AvgIpc) is 2.76. The Labute approximate surface area is 108 Å². The van der Waals surface area contributed by atoms with Crippen molar-refractivity contribution in [3.8, 4) is 11.4 Å². The Bertz CT molecular complexity index is 650. The molecule has 19 heavy (non-hydrogen) atoms. The van der Waals surface area contributed by atoms with Crippen LogP contribution >= 0.6 is 0 Å². The zero-order valence-corrected chi connectivity index (χ0v) is 10.6. The standard InChI is InChI=1S/C12H13F2N5/c1-12(2)5-10(12)19-11(16-17-18-19)6-3-7(13)8(14)4-9(6)15/h3-4,10H,5,15H2,1-2H3. The molecule has 0 aliphatic heterocycles. The van der Waals surface area contributed by atoms with Crippen LogP contribution in [0.25, 0.3) is 11.4 Å². The highest BCUT2D eigenvalue weighted by Crippen LogP contribution is 2.56. The molecule has 0 spiro atoms. The molecule has 2 N–H and O–H groups in total. The zero-order valence-electron chi connectivity index (χ0n) is 10.6. The summed E-state index contributed by atoms with van der Waals surface area (Å²) in [6, 6.07) is 2.13. The molecule has 0 bridgehead atoms. The summed E-state index contributed by atoms with van der Waals surface area (Å²) in [5.41, 5.74) is 6.26. The highest BCUT2D eigenvalue weighted by molar-refractivity contribution is 5.71. The van der Waals surface area contributed by atoms with Gasteiger partial charge in [0, 0.05) is 17.3 Å². The number of aromatic nitrogens is 4. The molecule has 1 unspecified atom stereocenters. The molecule has 1 aliphatic carbocycles. The molecule has 1 saturated carbocycles. The topological polar surface area (TPSA) is 69.6 Å². The Kier molecular flexibility index (Phi) is 2.35. The number of hydrogen-bond donors (Lipinski definition) is 1. The van der Waals surface area contributed by atoms with E-state index in [9.17, 15) is 8.78 Å². The Morgan fingerprint density at radius 2 is 1.95 bits per heavy atom. The van der Waals surface area contributed by atoms with Gasteiger partial charge >= 0.3 is 0 Å². The second-order valence-electron chi connectivity index (χ2n) is 5.51. The lowest BCUT2D eigenvalue weighted by Gasteiger charge is -2.08. The monoisotopic (exact) mass is 265 g/mol. The first-order valence-corrected chi connectivity index (χ1v) is 5.93. The lowest BCUT2D eigenvalue weighted by atomic mass is 10.1. The van der Waals surface area contributed by atoms with Crippen LogP contribution in [0.1, 0.15) is 26.3 Å². The van der Waals surface area contributed by atoms with Crippen LogP contribution in [0.5, 0.6) is 0 Å². The number of tetrazole rings is 1. The summed E-state index contributed by atoms with van der Waals surface area (Å²) in [4.78, 5) is 0. The summed E-state index contributed by atoms with van der Waals surface area (Å²) < 4.78 is 28.1. The highest BCUT2D eigenvalue weighted by atomic mass is 19.2. The van der Waals surface area contributed by atoms with Crippen molar-refractivity contribution in [3.05, 3.63) is 23.8 Å². The van der Waals surface area contributed by atoms with Crippen LogP contribution in [0.4, 0.5) is 14.5 Å². The number of nitrogen functional groups attached to an aromatic ring is 1. The first-order chi connectivity index (χ1) is 8.90. The summed E-state index contributed by atoms with van der Waals surface area (Å²) in [6.45, 7) is 4.19. The molecule has 0 amide bonds. The summed E-state index contributed by atoms with van der Waals surface area (Å²) in [7, 11) is 0. The van der Waals surface area contributed by atoms with Gasteiger partial charge in [0.1, 0.15) is 0 Å². The van der Waals surface area contributed by atoms with Crippen LogP contribution < -0.4 is 5.73 Å². The molecule has 1 aliphatic rings. The third-order valence-corrected chi connectivity index (χ3v) is 3.58. The van der Waals surface area contributed by atoms with Crippen LogP contribution in [0, 0.1) is 17.0 Å². The van der Waals surface area contributed by atoms with Crippen molar-refractivity contribution in [1.29, 1.82) is 0 Å². The van der Waals surface area contributed by atoms with E-state index in [1.165, 1.54) is 0 Å². The normalized spacial score (nSPS) is 20.5. The number of halogens is 2. The van der Waals surface area contributed by atoms with Crippen molar-refractivity contribution >= 4 is 5.69 Å². The van der Waals surface area contributed by atoms with Gasteiger partial charge in [0.05, 0.1) is 6.04 Å². The summed E-state index contributed by atoms with van der Waals surface area (Å²) in [5.74, 6) is -1.58. The number of nitrogens with zero attached hydrogens (tertiary/aromatic N) is 4. The molecule has 1 aromatic heterocycles. The number of nitrogens with two attached hydrogens (primary N) is 1. The van der Waals surface area contributed by atoms with Gasteiger partial charge in [-0.1, -0.05) is 13.8 Å². The maximum Gasteiger partial charge on any atom is 0.184 e. The molecule has 0 saturated heterocycles. The molecular formula is C12H13F2N5. The predicted octanol–water partition coefficient (Wildman–Crippen LogP) is 2.17. The molecular weight excluding hydrogens is 252 g/mol. The van der Waals surface area contributed by atoms with E-state index in [-0.39, 0.29) is 17.1 Å². The van der Waals surface area contributed by atoms with Gasteiger partial charge in [-0.2, -0.15) is 0 Å². The number of benzene rings is 1. The fourth-order valence-corrected chi connectivity index (χ4v) is 2.19. The molecule has 1 heterocycles. The second kappa shape index (κ2) is 3.72. The fourth-order valence-electron chi connectivity index (χ4n) is 2.19. The minimum Gasteiger partial charge on any atom is -0.398 e. The van der Waals surface area contributed by atoms with E-state index in [2.05, 4.69) is 29.4 Å². The van der Waals surface area contributed by atoms with Crippen LogP contribution in [-0.2, 0) is 0 Å². The maximum atomic E-state index is 13.3. The quantitative estimate of drug-likeness (QED) is 0.845. The van der Waals surface area contributed by atoms with Gasteiger partial charge < -0.3 is 5.73 Å². The van der Waals surface area contributed by atoms with E-state index >= 15 is 0 Å². The van der Waals surface area contributed by atoms with Crippen LogP contribution in [-0.4, -0.2) is 20.2 Å². The molecule has 3 rings (SSSR count). The average molecular weight is 265 g/mol. The Morgan fingerprint density at radius 3 is 2.58 bits per heavy atom. The molecule has 0 radical (unpaired) electrons. The van der Waals surface area contributed by atoms with Gasteiger partial charge in [0.25, 0.3) is 0 Å². The SMILES string of the molecule is CC1(C)CC1n1nnnc1-c1cc(F)c(F)cc1N. The van der Waals surface area contributed by atoms with Crippen LogP contribution in [0.3, 0.4) is 0 Å². The van der Waals surface area contributed by atoms with Gasteiger partial charge in [-0.25, -0.2) is 13.5 Å². The summed E-state index contributed by atoms with van der Waals surface area (Å²) in [6.07, 6.45) is 0.939. The van der Waals surface area contributed by atoms with Crippen molar-refractivity contribution < 1.29 is 8.78 Å². The van der Waals surface area contributed by atoms with Crippen molar-refractivity contribution in [1.82, 2.24) is 20.2 Å². The van der Waals surface area contributed by atoms with Gasteiger partial charge in [0.2, 0.25) is 0 Å². The summed E-state index contributed by atoms with van der Waals surface area (Å²) in [5, 5.41) is 11.4. The molecule has 1 fully saturated rings. The number of hydrogen-bond acceptors (Lipinski definition) is 4. The lowest BCUT2D eigenvalue weighted by molar-refractivity contribution is 0.495. The van der Waals surface area contributed by atoms with Gasteiger partial charge in [-0.3, -0.25) is 0 Å². The van der Waals surface area contributed by atoms with E-state index in [4.69, 9.17) is 5.73 Å². The van der Waals surface area contributed by atoms with Gasteiger partial charge in [-0.05, 0) is 28.3 Å². The molecule has 1 aromatic carbocycles. The van der Waals surface area contributed by atoms with Crippen molar-refractivity contribution in [3.63, 3.8) is 0 Å².